The highest BCUT2D eigenvalue weighted by Gasteiger charge is 2.14. The first kappa shape index (κ1) is 17.5. The lowest BCUT2D eigenvalue weighted by Gasteiger charge is -2.19. The Balaban J connectivity index is 2.40. The van der Waals surface area contributed by atoms with Crippen LogP contribution in [0.4, 0.5) is 5.69 Å². The quantitative estimate of drug-likeness (QED) is 0.463. The van der Waals surface area contributed by atoms with Crippen LogP contribution in [0.1, 0.15) is 51.5 Å². The number of allylic oxidation sites excluding steroid dienone is 1. The number of anilines is 1. The second kappa shape index (κ2) is 9.38. The first-order valence-corrected chi connectivity index (χ1v) is 8.03. The van der Waals surface area contributed by atoms with Gasteiger partial charge in [-0.1, -0.05) is 44.9 Å². The maximum Gasteiger partial charge on any atom is 0.229 e. The number of amides is 1. The molecule has 0 fully saturated rings. The van der Waals surface area contributed by atoms with Gasteiger partial charge in [-0.05, 0) is 43.4 Å². The largest absolute Gasteiger partial charge is 0.315 e. The van der Waals surface area contributed by atoms with Crippen molar-refractivity contribution in [1.82, 2.24) is 0 Å². The number of hydrogen-bond acceptors (Lipinski definition) is 1. The average molecular weight is 287 g/mol. The molecule has 21 heavy (non-hydrogen) atoms. The third-order valence-electron chi connectivity index (χ3n) is 3.77. The van der Waals surface area contributed by atoms with E-state index < -0.39 is 0 Å². The molecule has 2 nitrogen and oxygen atoms in total. The normalized spacial score (nSPS) is 10.7. The van der Waals surface area contributed by atoms with Crippen LogP contribution in [-0.4, -0.2) is 13.0 Å². The third kappa shape index (κ3) is 6.16. The van der Waals surface area contributed by atoms with E-state index in [2.05, 4.69) is 18.7 Å². The lowest BCUT2D eigenvalue weighted by molar-refractivity contribution is -0.121. The lowest BCUT2D eigenvalue weighted by atomic mass is 10.0. The van der Waals surface area contributed by atoms with Crippen molar-refractivity contribution >= 4 is 11.6 Å². The first-order valence-electron chi connectivity index (χ1n) is 8.03. The molecule has 1 aromatic rings. The molecule has 0 saturated carbocycles. The zero-order valence-electron chi connectivity index (χ0n) is 13.8. The van der Waals surface area contributed by atoms with Crippen LogP contribution in [0.2, 0.25) is 0 Å². The standard InChI is InChI=1S/C19H29NO/c1-5-6-7-8-9-10-11-17-12-14-18(15-13-17)20(4)19(21)16(2)3/h5,12-16H,1,6-11H2,2-4H3. The molecule has 0 bridgehead atoms. The summed E-state index contributed by atoms with van der Waals surface area (Å²) in [5.74, 6) is 0.190. The highest BCUT2D eigenvalue weighted by molar-refractivity contribution is 5.94. The highest BCUT2D eigenvalue weighted by Crippen LogP contribution is 2.17. The summed E-state index contributed by atoms with van der Waals surface area (Å²) in [7, 11) is 1.84. The molecule has 0 saturated heterocycles. The fourth-order valence-corrected chi connectivity index (χ4v) is 2.37. The molecule has 0 spiro atoms. The van der Waals surface area contributed by atoms with Crippen molar-refractivity contribution < 1.29 is 4.79 Å². The van der Waals surface area contributed by atoms with Gasteiger partial charge in [0.15, 0.2) is 0 Å². The van der Waals surface area contributed by atoms with E-state index in [-0.39, 0.29) is 11.8 Å². The van der Waals surface area contributed by atoms with Crippen molar-refractivity contribution in [3.05, 3.63) is 42.5 Å². The van der Waals surface area contributed by atoms with E-state index in [0.29, 0.717) is 0 Å². The van der Waals surface area contributed by atoms with E-state index in [1.807, 2.05) is 39.1 Å². The zero-order chi connectivity index (χ0) is 15.7. The van der Waals surface area contributed by atoms with Gasteiger partial charge in [-0.15, -0.1) is 6.58 Å². The van der Waals surface area contributed by atoms with Crippen LogP contribution in [0.15, 0.2) is 36.9 Å². The van der Waals surface area contributed by atoms with Gasteiger partial charge in [0.05, 0.1) is 0 Å². The molecule has 0 heterocycles. The van der Waals surface area contributed by atoms with Crippen molar-refractivity contribution in [1.29, 1.82) is 0 Å². The average Bonchev–Trinajstić information content (AvgIpc) is 2.49. The fraction of sp³-hybridized carbons (Fsp3) is 0.526. The number of carbonyl (C=O) groups is 1. The summed E-state index contributed by atoms with van der Waals surface area (Å²) >= 11 is 0. The van der Waals surface area contributed by atoms with Gasteiger partial charge >= 0.3 is 0 Å². The minimum Gasteiger partial charge on any atom is -0.315 e. The smallest absolute Gasteiger partial charge is 0.229 e. The molecule has 1 amide bonds. The maximum atomic E-state index is 11.9. The van der Waals surface area contributed by atoms with Crippen LogP contribution in [0, 0.1) is 5.92 Å². The molecular formula is C19H29NO. The summed E-state index contributed by atoms with van der Waals surface area (Å²) < 4.78 is 0. The van der Waals surface area contributed by atoms with Gasteiger partial charge in [0.1, 0.15) is 0 Å². The predicted octanol–water partition coefficient (Wildman–Crippen LogP) is 4.98. The van der Waals surface area contributed by atoms with E-state index in [9.17, 15) is 4.79 Å². The summed E-state index contributed by atoms with van der Waals surface area (Å²) in [5, 5.41) is 0. The number of rotatable bonds is 9. The summed E-state index contributed by atoms with van der Waals surface area (Å²) in [6.07, 6.45) is 9.30. The number of unbranched alkanes of at least 4 members (excludes halogenated alkanes) is 4. The number of aryl methyl sites for hydroxylation is 1. The molecule has 1 rings (SSSR count). The zero-order valence-corrected chi connectivity index (χ0v) is 13.8. The van der Waals surface area contributed by atoms with Crippen molar-refractivity contribution in [2.45, 2.75) is 52.4 Å². The van der Waals surface area contributed by atoms with Gasteiger partial charge in [-0.25, -0.2) is 0 Å². The summed E-state index contributed by atoms with van der Waals surface area (Å²) in [5.41, 5.74) is 2.33. The van der Waals surface area contributed by atoms with Gasteiger partial charge in [0.2, 0.25) is 5.91 Å². The second-order valence-electron chi connectivity index (χ2n) is 5.96. The molecule has 2 heteroatoms. The molecule has 116 valence electrons. The fourth-order valence-electron chi connectivity index (χ4n) is 2.37. The molecule has 0 aliphatic carbocycles. The first-order chi connectivity index (χ1) is 10.1. The Bertz CT molecular complexity index is 433. The van der Waals surface area contributed by atoms with E-state index >= 15 is 0 Å². The van der Waals surface area contributed by atoms with Gasteiger partial charge in [0, 0.05) is 18.7 Å². The molecule has 0 radical (unpaired) electrons. The second-order valence-corrected chi connectivity index (χ2v) is 5.96. The minimum absolute atomic E-state index is 0.0326. The molecule has 1 aromatic carbocycles. The Morgan fingerprint density at radius 3 is 2.33 bits per heavy atom. The molecule has 0 aliphatic rings. The highest BCUT2D eigenvalue weighted by atomic mass is 16.2. The Labute approximate surface area is 129 Å². The topological polar surface area (TPSA) is 20.3 Å². The van der Waals surface area contributed by atoms with Gasteiger partial charge in [-0.2, -0.15) is 0 Å². The van der Waals surface area contributed by atoms with Crippen molar-refractivity contribution in [2.24, 2.45) is 5.92 Å². The molecule has 0 N–H and O–H groups in total. The van der Waals surface area contributed by atoms with Crippen LogP contribution in [0.3, 0.4) is 0 Å². The lowest BCUT2D eigenvalue weighted by Crippen LogP contribution is -2.30. The molecule has 0 aromatic heterocycles. The summed E-state index contributed by atoms with van der Waals surface area (Å²) in [4.78, 5) is 13.7. The predicted molar refractivity (Wildman–Crippen MR) is 91.7 cm³/mol. The molecule has 0 aliphatic heterocycles. The van der Waals surface area contributed by atoms with Crippen LogP contribution in [-0.2, 0) is 11.2 Å². The van der Waals surface area contributed by atoms with Gasteiger partial charge in [0.25, 0.3) is 0 Å². The van der Waals surface area contributed by atoms with E-state index in [1.165, 1.54) is 31.2 Å². The van der Waals surface area contributed by atoms with Crippen molar-refractivity contribution in [3.63, 3.8) is 0 Å². The van der Waals surface area contributed by atoms with Crippen LogP contribution < -0.4 is 4.90 Å². The van der Waals surface area contributed by atoms with Crippen LogP contribution in [0.5, 0.6) is 0 Å². The summed E-state index contributed by atoms with van der Waals surface area (Å²) in [6.45, 7) is 7.60. The van der Waals surface area contributed by atoms with E-state index in [0.717, 1.165) is 18.5 Å². The van der Waals surface area contributed by atoms with Gasteiger partial charge < -0.3 is 4.90 Å². The number of benzene rings is 1. The number of hydrogen-bond donors (Lipinski definition) is 0. The molecule has 0 atom stereocenters. The minimum atomic E-state index is 0.0326. The third-order valence-corrected chi connectivity index (χ3v) is 3.77. The molecular weight excluding hydrogens is 258 g/mol. The van der Waals surface area contributed by atoms with Crippen molar-refractivity contribution in [2.75, 3.05) is 11.9 Å². The van der Waals surface area contributed by atoms with Gasteiger partial charge in [-0.3, -0.25) is 4.79 Å². The SMILES string of the molecule is C=CCCCCCCc1ccc(N(C)C(=O)C(C)C)cc1. The maximum absolute atomic E-state index is 11.9. The van der Waals surface area contributed by atoms with E-state index in [4.69, 9.17) is 0 Å². The van der Waals surface area contributed by atoms with Crippen LogP contribution >= 0.6 is 0 Å². The van der Waals surface area contributed by atoms with E-state index in [1.54, 1.807) is 4.90 Å². The Kier molecular flexibility index (Phi) is 7.81. The Morgan fingerprint density at radius 1 is 1.14 bits per heavy atom. The van der Waals surface area contributed by atoms with Crippen LogP contribution in [0.25, 0.3) is 0 Å². The van der Waals surface area contributed by atoms with Crippen molar-refractivity contribution in [3.8, 4) is 0 Å². The summed E-state index contributed by atoms with van der Waals surface area (Å²) in [6, 6.07) is 8.38. The Morgan fingerprint density at radius 2 is 1.76 bits per heavy atom. The monoisotopic (exact) mass is 287 g/mol. The number of nitrogens with zero attached hydrogens (tertiary/aromatic N) is 1. The Hall–Kier alpha value is -1.57. The molecule has 0 unspecified atom stereocenters. The number of carbonyl (C=O) groups excluding carboxylic acids is 1.